The maximum atomic E-state index is 2.44. The Morgan fingerprint density at radius 1 is 0.522 bits per heavy atom. The highest BCUT2D eigenvalue weighted by Crippen LogP contribution is 2.46. The van der Waals surface area contributed by atoms with Crippen molar-refractivity contribution < 1.29 is 0 Å². The number of hydrogen-bond acceptors (Lipinski definition) is 0. The third kappa shape index (κ3) is 14.5. The van der Waals surface area contributed by atoms with Crippen LogP contribution in [-0.4, -0.2) is 18.0 Å². The molecule has 0 heterocycles. The Kier molecular flexibility index (Phi) is 19.1. The van der Waals surface area contributed by atoms with Crippen LogP contribution in [0.4, 0.5) is 0 Å². The lowest BCUT2D eigenvalue weighted by Gasteiger charge is -2.27. The zero-order valence-electron chi connectivity index (χ0n) is 17.0. The van der Waals surface area contributed by atoms with Gasteiger partial charge in [-0.1, -0.05) is 98.3 Å². The molecule has 0 fully saturated rings. The summed E-state index contributed by atoms with van der Waals surface area (Å²) in [5, 5.41) is 0. The van der Waals surface area contributed by atoms with E-state index in [1.165, 1.54) is 96.3 Å². The normalized spacial score (nSPS) is 12.9. The van der Waals surface area contributed by atoms with Crippen molar-refractivity contribution in [3.63, 3.8) is 0 Å². The smallest absolute Gasteiger partial charge is 0.0212 e. The third-order valence-electron chi connectivity index (χ3n) is 5.21. The molecule has 0 aromatic heterocycles. The fraction of sp³-hybridized carbons (Fsp3) is 1.00. The van der Waals surface area contributed by atoms with E-state index in [2.05, 4.69) is 27.7 Å². The number of hydrogen-bond donors (Lipinski definition) is 0. The third-order valence-corrected chi connectivity index (χ3v) is 8.64. The molecule has 0 amide bonds. The molecule has 0 aliphatic rings. The van der Waals surface area contributed by atoms with E-state index in [4.69, 9.17) is 0 Å². The zero-order chi connectivity index (χ0) is 17.2. The minimum absolute atomic E-state index is 0.321. The van der Waals surface area contributed by atoms with Crippen LogP contribution >= 0.6 is 7.92 Å². The first kappa shape index (κ1) is 23.4. The van der Waals surface area contributed by atoms with Gasteiger partial charge in [-0.2, -0.15) is 0 Å². The van der Waals surface area contributed by atoms with Crippen LogP contribution in [0.15, 0.2) is 0 Å². The Morgan fingerprint density at radius 3 is 1.35 bits per heavy atom. The van der Waals surface area contributed by atoms with Gasteiger partial charge in [0.15, 0.2) is 0 Å². The van der Waals surface area contributed by atoms with E-state index in [-0.39, 0.29) is 0 Å². The fourth-order valence-corrected chi connectivity index (χ4v) is 7.00. The molecule has 0 rings (SSSR count). The molecule has 0 N–H and O–H groups in total. The van der Waals surface area contributed by atoms with Crippen LogP contribution in [0.3, 0.4) is 0 Å². The molecular formula is C22H47P. The topological polar surface area (TPSA) is 0 Å². The Hall–Kier alpha value is 0.430. The molecule has 1 atom stereocenters. The molecule has 0 aromatic rings. The molecule has 0 bridgehead atoms. The van der Waals surface area contributed by atoms with Crippen molar-refractivity contribution in [2.45, 2.75) is 130 Å². The summed E-state index contributed by atoms with van der Waals surface area (Å²) in [7, 11) is 0.321. The summed E-state index contributed by atoms with van der Waals surface area (Å²) >= 11 is 0. The van der Waals surface area contributed by atoms with E-state index in [0.717, 1.165) is 5.66 Å². The predicted molar refractivity (Wildman–Crippen MR) is 112 cm³/mol. The van der Waals surface area contributed by atoms with Gasteiger partial charge in [0, 0.05) is 0 Å². The SMILES string of the molecule is CCCCCCCCP(CCCCCCCC)C(CC)CCC. The van der Waals surface area contributed by atoms with Crippen LogP contribution in [0.25, 0.3) is 0 Å². The van der Waals surface area contributed by atoms with E-state index in [9.17, 15) is 0 Å². The lowest BCUT2D eigenvalue weighted by atomic mass is 10.1. The van der Waals surface area contributed by atoms with Crippen molar-refractivity contribution in [2.75, 3.05) is 12.3 Å². The molecule has 23 heavy (non-hydrogen) atoms. The first-order chi connectivity index (χ1) is 11.3. The molecule has 0 saturated carbocycles. The first-order valence-corrected chi connectivity index (χ1v) is 12.8. The molecule has 0 radical (unpaired) electrons. The van der Waals surface area contributed by atoms with Crippen molar-refractivity contribution in [3.8, 4) is 0 Å². The first-order valence-electron chi connectivity index (χ1n) is 11.0. The summed E-state index contributed by atoms with van der Waals surface area (Å²) in [6.07, 6.45) is 25.1. The highest BCUT2D eigenvalue weighted by molar-refractivity contribution is 7.58. The lowest BCUT2D eigenvalue weighted by Crippen LogP contribution is -2.09. The molecular weight excluding hydrogens is 295 g/mol. The Morgan fingerprint density at radius 2 is 0.957 bits per heavy atom. The van der Waals surface area contributed by atoms with Gasteiger partial charge in [-0.15, -0.1) is 7.92 Å². The van der Waals surface area contributed by atoms with Gasteiger partial charge in [0.05, 0.1) is 0 Å². The van der Waals surface area contributed by atoms with Gasteiger partial charge in [-0.25, -0.2) is 0 Å². The maximum absolute atomic E-state index is 2.44. The van der Waals surface area contributed by atoms with Crippen LogP contribution in [0.1, 0.15) is 124 Å². The van der Waals surface area contributed by atoms with Crippen molar-refractivity contribution in [1.82, 2.24) is 0 Å². The summed E-state index contributed by atoms with van der Waals surface area (Å²) in [6.45, 7) is 9.45. The molecule has 0 spiro atoms. The van der Waals surface area contributed by atoms with Gasteiger partial charge >= 0.3 is 0 Å². The van der Waals surface area contributed by atoms with Crippen molar-refractivity contribution >= 4 is 7.92 Å². The zero-order valence-corrected chi connectivity index (χ0v) is 17.9. The summed E-state index contributed by atoms with van der Waals surface area (Å²) in [5.74, 6) is 0. The van der Waals surface area contributed by atoms with Crippen molar-refractivity contribution in [1.29, 1.82) is 0 Å². The van der Waals surface area contributed by atoms with Crippen molar-refractivity contribution in [2.24, 2.45) is 0 Å². The molecule has 0 aliphatic heterocycles. The molecule has 0 aromatic carbocycles. The van der Waals surface area contributed by atoms with Crippen LogP contribution in [0, 0.1) is 0 Å². The van der Waals surface area contributed by atoms with Crippen molar-refractivity contribution in [3.05, 3.63) is 0 Å². The minimum atomic E-state index is 0.321. The fourth-order valence-electron chi connectivity index (χ4n) is 3.65. The standard InChI is InChI=1S/C22H47P/c1-5-9-11-13-15-17-20-23(22(8-4)19-7-3)21-18-16-14-12-10-6-2/h22H,5-21H2,1-4H3. The Bertz CT molecular complexity index is 198. The van der Waals surface area contributed by atoms with Crippen LogP contribution < -0.4 is 0 Å². The summed E-state index contributed by atoms with van der Waals surface area (Å²) < 4.78 is 0. The second-order valence-corrected chi connectivity index (χ2v) is 10.2. The molecule has 1 heteroatoms. The lowest BCUT2D eigenvalue weighted by molar-refractivity contribution is 0.618. The van der Waals surface area contributed by atoms with Crippen LogP contribution in [0.2, 0.25) is 0 Å². The molecule has 0 nitrogen and oxygen atoms in total. The average Bonchev–Trinajstić information content (AvgIpc) is 2.57. The Balaban J connectivity index is 3.98. The van der Waals surface area contributed by atoms with Crippen LogP contribution in [0.5, 0.6) is 0 Å². The quantitative estimate of drug-likeness (QED) is 0.172. The van der Waals surface area contributed by atoms with Gasteiger partial charge < -0.3 is 0 Å². The molecule has 0 saturated heterocycles. The van der Waals surface area contributed by atoms with Gasteiger partial charge in [0.2, 0.25) is 0 Å². The monoisotopic (exact) mass is 342 g/mol. The largest absolute Gasteiger partial charge is 0.104 e. The number of unbranched alkanes of at least 4 members (excludes halogenated alkanes) is 10. The van der Waals surface area contributed by atoms with E-state index in [1.807, 2.05) is 0 Å². The summed E-state index contributed by atoms with van der Waals surface area (Å²) in [6, 6.07) is 0. The average molecular weight is 343 g/mol. The van der Waals surface area contributed by atoms with Gasteiger partial charge in [-0.05, 0) is 43.7 Å². The second kappa shape index (κ2) is 18.8. The summed E-state index contributed by atoms with van der Waals surface area (Å²) in [4.78, 5) is 0. The minimum Gasteiger partial charge on any atom is -0.104 e. The van der Waals surface area contributed by atoms with Gasteiger partial charge in [-0.3, -0.25) is 0 Å². The van der Waals surface area contributed by atoms with E-state index in [1.54, 1.807) is 12.3 Å². The van der Waals surface area contributed by atoms with E-state index in [0.29, 0.717) is 7.92 Å². The highest BCUT2D eigenvalue weighted by Gasteiger charge is 2.17. The molecule has 0 aliphatic carbocycles. The summed E-state index contributed by atoms with van der Waals surface area (Å²) in [5.41, 5.74) is 1.07. The maximum Gasteiger partial charge on any atom is -0.0212 e. The van der Waals surface area contributed by atoms with Gasteiger partial charge in [0.1, 0.15) is 0 Å². The highest BCUT2D eigenvalue weighted by atomic mass is 31.1. The van der Waals surface area contributed by atoms with E-state index >= 15 is 0 Å². The molecule has 140 valence electrons. The number of rotatable bonds is 18. The van der Waals surface area contributed by atoms with Gasteiger partial charge in [0.25, 0.3) is 0 Å². The molecule has 1 unspecified atom stereocenters. The predicted octanol–water partition coefficient (Wildman–Crippen LogP) is 8.77. The second-order valence-electron chi connectivity index (χ2n) is 7.42. The Labute approximate surface area is 150 Å². The van der Waals surface area contributed by atoms with E-state index < -0.39 is 0 Å². The van der Waals surface area contributed by atoms with Crippen LogP contribution in [-0.2, 0) is 0 Å².